The van der Waals surface area contributed by atoms with E-state index in [4.69, 9.17) is 0 Å². The monoisotopic (exact) mass is 341 g/mol. The van der Waals surface area contributed by atoms with Crippen LogP contribution in [0.5, 0.6) is 0 Å². The second kappa shape index (κ2) is 5.41. The van der Waals surface area contributed by atoms with Gasteiger partial charge in [-0.3, -0.25) is 19.7 Å². The molecule has 1 aromatic rings. The van der Waals surface area contributed by atoms with Crippen LogP contribution >= 0.6 is 0 Å². The Balaban J connectivity index is 2.08. The maximum absolute atomic E-state index is 12.9. The first-order valence-corrected chi connectivity index (χ1v) is 6.86. The number of hydrogen-bond donors (Lipinski definition) is 0. The Labute approximate surface area is 133 Å². The highest BCUT2D eigenvalue weighted by molar-refractivity contribution is 6.02. The van der Waals surface area contributed by atoms with E-state index in [0.717, 1.165) is 17.3 Å². The lowest BCUT2D eigenvalue weighted by Crippen LogP contribution is -2.34. The molecule has 2 aliphatic rings. The van der Waals surface area contributed by atoms with Gasteiger partial charge < -0.3 is 0 Å². The first kappa shape index (κ1) is 16.1. The summed E-state index contributed by atoms with van der Waals surface area (Å²) in [5.41, 5.74) is -0.795. The predicted molar refractivity (Wildman–Crippen MR) is 73.2 cm³/mol. The summed E-state index contributed by atoms with van der Waals surface area (Å²) in [5, 5.41) is 13.2. The number of hydrazine groups is 1. The number of nitrogens with zero attached hydrogens (tertiary/aromatic N) is 3. The Bertz CT molecular complexity index is 775. The van der Waals surface area contributed by atoms with Gasteiger partial charge in [0.1, 0.15) is 0 Å². The van der Waals surface area contributed by atoms with Crippen LogP contribution in [0.3, 0.4) is 0 Å². The smallest absolute Gasteiger partial charge is 0.284 e. The topological polar surface area (TPSA) is 83.8 Å². The van der Waals surface area contributed by atoms with E-state index in [0.29, 0.717) is 0 Å². The zero-order valence-corrected chi connectivity index (χ0v) is 12.0. The second-order valence-electron chi connectivity index (χ2n) is 5.32. The van der Waals surface area contributed by atoms with Crippen LogP contribution < -0.4 is 0 Å². The molecular weight excluding hydrogens is 331 g/mol. The number of rotatable bonds is 3. The van der Waals surface area contributed by atoms with Crippen molar-refractivity contribution >= 4 is 17.4 Å². The molecule has 1 amide bonds. The average molecular weight is 341 g/mol. The number of amides is 1. The summed E-state index contributed by atoms with van der Waals surface area (Å²) in [6.07, 6.45) is -4.14. The number of alkyl halides is 3. The summed E-state index contributed by atoms with van der Waals surface area (Å²) in [6, 6.07) is 3.82. The van der Waals surface area contributed by atoms with Gasteiger partial charge in [-0.1, -0.05) is 12.1 Å². The number of halogens is 3. The number of fused-ring (bicyclic) bond motifs is 1. The second-order valence-corrected chi connectivity index (χ2v) is 5.32. The molecule has 1 unspecified atom stereocenters. The van der Waals surface area contributed by atoms with Crippen molar-refractivity contribution in [2.75, 3.05) is 6.54 Å². The van der Waals surface area contributed by atoms with E-state index in [9.17, 15) is 32.9 Å². The van der Waals surface area contributed by atoms with Crippen LogP contribution in [0.2, 0.25) is 0 Å². The third-order valence-corrected chi connectivity index (χ3v) is 3.86. The Kier molecular flexibility index (Phi) is 3.63. The molecule has 1 aromatic carbocycles. The van der Waals surface area contributed by atoms with Gasteiger partial charge in [0.05, 0.1) is 11.0 Å². The van der Waals surface area contributed by atoms with Crippen molar-refractivity contribution in [3.05, 3.63) is 51.7 Å². The third kappa shape index (κ3) is 2.54. The van der Waals surface area contributed by atoms with Gasteiger partial charge in [-0.05, 0) is 5.56 Å². The number of Topliss-reactive ketones (excluding diaryl/α,β-unsaturated/α-hetero) is 1. The number of carbonyl (C=O) groups excluding carboxylic acids is 2. The fourth-order valence-corrected chi connectivity index (χ4v) is 2.84. The SMILES string of the molecule is O=C1CCN2C(c3cccc([N+](=O)[O-])c3)C(C(=O)C(F)(F)F)=CN12. The maximum Gasteiger partial charge on any atom is 0.454 e. The quantitative estimate of drug-likeness (QED) is 0.621. The van der Waals surface area contributed by atoms with E-state index >= 15 is 0 Å². The van der Waals surface area contributed by atoms with Crippen LogP contribution in [0.25, 0.3) is 0 Å². The fourth-order valence-electron chi connectivity index (χ4n) is 2.84. The summed E-state index contributed by atoms with van der Waals surface area (Å²) in [4.78, 5) is 33.7. The highest BCUT2D eigenvalue weighted by atomic mass is 19.4. The molecule has 1 saturated heterocycles. The number of nitro benzene ring substituents is 1. The summed E-state index contributed by atoms with van der Waals surface area (Å²) in [7, 11) is 0. The molecule has 2 aliphatic heterocycles. The van der Waals surface area contributed by atoms with Crippen molar-refractivity contribution in [1.29, 1.82) is 0 Å². The van der Waals surface area contributed by atoms with Crippen LogP contribution in [0.1, 0.15) is 18.0 Å². The number of hydrogen-bond acceptors (Lipinski definition) is 5. The molecule has 7 nitrogen and oxygen atoms in total. The molecule has 0 N–H and O–H groups in total. The highest BCUT2D eigenvalue weighted by Gasteiger charge is 2.50. The molecule has 0 spiro atoms. The third-order valence-electron chi connectivity index (χ3n) is 3.86. The van der Waals surface area contributed by atoms with Crippen molar-refractivity contribution in [2.24, 2.45) is 0 Å². The molecule has 24 heavy (non-hydrogen) atoms. The molecule has 10 heteroatoms. The van der Waals surface area contributed by atoms with Gasteiger partial charge in [-0.15, -0.1) is 0 Å². The molecule has 126 valence electrons. The minimum absolute atomic E-state index is 0.0927. The summed E-state index contributed by atoms with van der Waals surface area (Å²) >= 11 is 0. The molecular formula is C14H10F3N3O4. The minimum Gasteiger partial charge on any atom is -0.284 e. The number of non-ortho nitro benzene ring substituents is 1. The van der Waals surface area contributed by atoms with Gasteiger partial charge >= 0.3 is 6.18 Å². The predicted octanol–water partition coefficient (Wildman–Crippen LogP) is 2.11. The highest BCUT2D eigenvalue weighted by Crippen LogP contribution is 2.42. The van der Waals surface area contributed by atoms with Gasteiger partial charge in [-0.25, -0.2) is 10.0 Å². The van der Waals surface area contributed by atoms with Crippen LogP contribution in [0, 0.1) is 10.1 Å². The molecule has 1 atom stereocenters. The maximum atomic E-state index is 12.9. The van der Waals surface area contributed by atoms with Crippen LogP contribution in [-0.4, -0.2) is 39.4 Å². The lowest BCUT2D eigenvalue weighted by Gasteiger charge is -2.26. The van der Waals surface area contributed by atoms with Crippen LogP contribution in [-0.2, 0) is 9.59 Å². The molecule has 3 rings (SSSR count). The molecule has 0 radical (unpaired) electrons. The Morgan fingerprint density at radius 3 is 2.67 bits per heavy atom. The summed E-state index contributed by atoms with van der Waals surface area (Å²) < 4.78 is 38.6. The molecule has 2 heterocycles. The molecule has 0 aromatic heterocycles. The number of nitro groups is 1. The normalized spacial score (nSPS) is 21.0. The van der Waals surface area contributed by atoms with Crippen LogP contribution in [0.15, 0.2) is 36.0 Å². The van der Waals surface area contributed by atoms with E-state index in [1.165, 1.54) is 23.2 Å². The first-order chi connectivity index (χ1) is 11.2. The molecule has 0 saturated carbocycles. The zero-order valence-electron chi connectivity index (χ0n) is 12.0. The standard InChI is InChI=1S/C14H10F3N3O4/c15-14(16,17)13(22)10-7-19-11(21)4-5-18(19)12(10)8-2-1-3-9(6-8)20(23)24/h1-3,6-7,12H,4-5H2. The molecule has 0 bridgehead atoms. The van der Waals surface area contributed by atoms with Gasteiger partial charge in [0, 0.05) is 36.9 Å². The van der Waals surface area contributed by atoms with Crippen molar-refractivity contribution in [2.45, 2.75) is 18.6 Å². The van der Waals surface area contributed by atoms with Crippen molar-refractivity contribution in [3.63, 3.8) is 0 Å². The lowest BCUT2D eigenvalue weighted by molar-refractivity contribution is -0.384. The van der Waals surface area contributed by atoms with E-state index < -0.39 is 34.4 Å². The van der Waals surface area contributed by atoms with Gasteiger partial charge in [0.25, 0.3) is 11.5 Å². The van der Waals surface area contributed by atoms with Gasteiger partial charge in [0.2, 0.25) is 5.91 Å². The van der Waals surface area contributed by atoms with Crippen molar-refractivity contribution in [1.82, 2.24) is 10.0 Å². The largest absolute Gasteiger partial charge is 0.454 e. The van der Waals surface area contributed by atoms with Crippen molar-refractivity contribution < 1.29 is 27.7 Å². The first-order valence-electron chi connectivity index (χ1n) is 6.86. The van der Waals surface area contributed by atoms with E-state index in [1.54, 1.807) is 0 Å². The van der Waals surface area contributed by atoms with E-state index in [-0.39, 0.29) is 24.2 Å². The fraction of sp³-hybridized carbons (Fsp3) is 0.286. The molecule has 1 fully saturated rings. The number of benzene rings is 1. The minimum atomic E-state index is -5.10. The summed E-state index contributed by atoms with van der Waals surface area (Å²) in [6.45, 7) is 0.122. The van der Waals surface area contributed by atoms with E-state index in [1.807, 2.05) is 0 Å². The summed E-state index contributed by atoms with van der Waals surface area (Å²) in [5.74, 6) is -2.50. The van der Waals surface area contributed by atoms with Gasteiger partial charge in [-0.2, -0.15) is 13.2 Å². The zero-order chi connectivity index (χ0) is 17.6. The number of carbonyl (C=O) groups is 2. The van der Waals surface area contributed by atoms with Crippen molar-refractivity contribution in [3.8, 4) is 0 Å². The Hall–Kier alpha value is -2.75. The van der Waals surface area contributed by atoms with Crippen LogP contribution in [0.4, 0.5) is 18.9 Å². The van der Waals surface area contributed by atoms with Gasteiger partial charge in [0.15, 0.2) is 0 Å². The number of ketones is 1. The average Bonchev–Trinajstić information content (AvgIpc) is 3.05. The lowest BCUT2D eigenvalue weighted by atomic mass is 9.96. The molecule has 0 aliphatic carbocycles. The Morgan fingerprint density at radius 1 is 1.33 bits per heavy atom. The van der Waals surface area contributed by atoms with E-state index in [2.05, 4.69) is 0 Å². The Morgan fingerprint density at radius 2 is 2.04 bits per heavy atom.